The summed E-state index contributed by atoms with van der Waals surface area (Å²) in [5.41, 5.74) is 4.65. The van der Waals surface area contributed by atoms with E-state index in [1.54, 1.807) is 11.8 Å². The minimum Gasteiger partial charge on any atom is -0.480 e. The molecule has 1 atom stereocenters. The Labute approximate surface area is 193 Å². The molecular weight excluding hydrogens is 422 g/mol. The standard InChI is InChI=1S/C25H29N3O5/c1-17(24(30)31)27-12-14-28(15-13-27)23(29)10-11-26-25(32)33-16-22-20-8-4-2-6-18(20)19-7-3-5-9-21(19)22/h2-9,17,22H,10-16H2,1H3,(H,26,32)(H,30,31). The maximum absolute atomic E-state index is 12.4. The molecule has 2 aromatic rings. The Morgan fingerprint density at radius 2 is 1.58 bits per heavy atom. The van der Waals surface area contributed by atoms with E-state index in [4.69, 9.17) is 9.84 Å². The number of hydrogen-bond acceptors (Lipinski definition) is 5. The zero-order chi connectivity index (χ0) is 23.4. The highest BCUT2D eigenvalue weighted by molar-refractivity contribution is 5.79. The molecule has 1 heterocycles. The van der Waals surface area contributed by atoms with E-state index in [1.165, 1.54) is 11.1 Å². The normalized spacial score (nSPS) is 16.6. The molecule has 1 fully saturated rings. The SMILES string of the molecule is CC(C(=O)O)N1CCN(C(=O)CCNC(=O)OCC2c3ccccc3-c3ccccc32)CC1. The highest BCUT2D eigenvalue weighted by Gasteiger charge is 2.29. The van der Waals surface area contributed by atoms with Gasteiger partial charge in [-0.15, -0.1) is 0 Å². The topological polar surface area (TPSA) is 99.2 Å². The van der Waals surface area contributed by atoms with E-state index in [9.17, 15) is 14.4 Å². The Kier molecular flexibility index (Phi) is 6.93. The third kappa shape index (κ3) is 5.01. The molecule has 8 heteroatoms. The van der Waals surface area contributed by atoms with Crippen molar-refractivity contribution in [1.29, 1.82) is 0 Å². The van der Waals surface area contributed by atoms with Crippen LogP contribution in [0.5, 0.6) is 0 Å². The number of carboxylic acid groups (broad SMARTS) is 1. The Bertz CT molecular complexity index is 987. The number of aliphatic carboxylic acids is 1. The van der Waals surface area contributed by atoms with Crippen molar-refractivity contribution in [2.75, 3.05) is 39.3 Å². The first-order chi connectivity index (χ1) is 16.0. The minimum absolute atomic E-state index is 0.00530. The Hall–Kier alpha value is -3.39. The van der Waals surface area contributed by atoms with Crippen LogP contribution in [0.4, 0.5) is 4.79 Å². The first-order valence-electron chi connectivity index (χ1n) is 11.3. The number of ether oxygens (including phenoxy) is 1. The number of benzene rings is 2. The first-order valence-corrected chi connectivity index (χ1v) is 11.3. The number of amides is 2. The third-order valence-corrected chi connectivity index (χ3v) is 6.52. The maximum Gasteiger partial charge on any atom is 0.407 e. The second kappa shape index (κ2) is 10.0. The van der Waals surface area contributed by atoms with Gasteiger partial charge >= 0.3 is 12.1 Å². The average Bonchev–Trinajstić information content (AvgIpc) is 3.16. The molecule has 4 rings (SSSR count). The first kappa shape index (κ1) is 22.8. The zero-order valence-electron chi connectivity index (χ0n) is 18.7. The van der Waals surface area contributed by atoms with Crippen molar-refractivity contribution < 1.29 is 24.2 Å². The molecule has 1 aliphatic heterocycles. The van der Waals surface area contributed by atoms with E-state index in [0.29, 0.717) is 26.2 Å². The lowest BCUT2D eigenvalue weighted by Gasteiger charge is -2.36. The van der Waals surface area contributed by atoms with E-state index in [2.05, 4.69) is 29.6 Å². The fraction of sp³-hybridized carbons (Fsp3) is 0.400. The molecule has 2 N–H and O–H groups in total. The van der Waals surface area contributed by atoms with Crippen LogP contribution in [0.1, 0.15) is 30.4 Å². The van der Waals surface area contributed by atoms with Crippen molar-refractivity contribution in [2.24, 2.45) is 0 Å². The average molecular weight is 452 g/mol. The van der Waals surface area contributed by atoms with E-state index in [-0.39, 0.29) is 31.4 Å². The van der Waals surface area contributed by atoms with Crippen LogP contribution in [0.3, 0.4) is 0 Å². The highest BCUT2D eigenvalue weighted by Crippen LogP contribution is 2.44. The number of nitrogens with one attached hydrogen (secondary N) is 1. The molecule has 1 saturated heterocycles. The molecule has 0 aromatic heterocycles. The number of carbonyl (C=O) groups excluding carboxylic acids is 2. The largest absolute Gasteiger partial charge is 0.480 e. The van der Waals surface area contributed by atoms with Gasteiger partial charge in [0.05, 0.1) is 0 Å². The second-order valence-electron chi connectivity index (χ2n) is 8.43. The van der Waals surface area contributed by atoms with Crippen LogP contribution in [0.25, 0.3) is 11.1 Å². The van der Waals surface area contributed by atoms with E-state index in [0.717, 1.165) is 11.1 Å². The molecule has 33 heavy (non-hydrogen) atoms. The van der Waals surface area contributed by atoms with Crippen LogP contribution in [0.15, 0.2) is 48.5 Å². The summed E-state index contributed by atoms with van der Waals surface area (Å²) >= 11 is 0. The summed E-state index contributed by atoms with van der Waals surface area (Å²) < 4.78 is 5.49. The van der Waals surface area contributed by atoms with Crippen LogP contribution in [0, 0.1) is 0 Å². The molecule has 0 radical (unpaired) electrons. The fourth-order valence-corrected chi connectivity index (χ4v) is 4.59. The Morgan fingerprint density at radius 1 is 1.00 bits per heavy atom. The van der Waals surface area contributed by atoms with Crippen molar-refractivity contribution in [3.05, 3.63) is 59.7 Å². The van der Waals surface area contributed by atoms with Gasteiger partial charge in [-0.05, 0) is 29.2 Å². The van der Waals surface area contributed by atoms with Gasteiger partial charge in [0.2, 0.25) is 5.91 Å². The lowest BCUT2D eigenvalue weighted by molar-refractivity contribution is -0.144. The number of carbonyl (C=O) groups is 3. The summed E-state index contributed by atoms with van der Waals surface area (Å²) in [6, 6.07) is 15.7. The number of hydrogen-bond donors (Lipinski definition) is 2. The van der Waals surface area contributed by atoms with Gasteiger partial charge < -0.3 is 20.1 Å². The summed E-state index contributed by atoms with van der Waals surface area (Å²) in [5.74, 6) is -0.923. The van der Waals surface area contributed by atoms with Crippen LogP contribution < -0.4 is 5.32 Å². The minimum atomic E-state index is -0.859. The number of carboxylic acids is 1. The number of rotatable bonds is 7. The van der Waals surface area contributed by atoms with Crippen molar-refractivity contribution in [3.63, 3.8) is 0 Å². The number of alkyl carbamates (subject to hydrolysis) is 1. The van der Waals surface area contributed by atoms with Crippen LogP contribution in [-0.2, 0) is 14.3 Å². The third-order valence-electron chi connectivity index (χ3n) is 6.52. The molecule has 1 unspecified atom stereocenters. The Morgan fingerprint density at radius 3 is 2.15 bits per heavy atom. The van der Waals surface area contributed by atoms with Gasteiger partial charge in [0.1, 0.15) is 12.6 Å². The summed E-state index contributed by atoms with van der Waals surface area (Å²) in [7, 11) is 0. The molecule has 2 aliphatic rings. The fourth-order valence-electron chi connectivity index (χ4n) is 4.59. The maximum atomic E-state index is 12.4. The van der Waals surface area contributed by atoms with E-state index >= 15 is 0 Å². The summed E-state index contributed by atoms with van der Waals surface area (Å²) in [6.07, 6.45) is -0.358. The van der Waals surface area contributed by atoms with Crippen LogP contribution in [0.2, 0.25) is 0 Å². The molecule has 0 spiro atoms. The van der Waals surface area contributed by atoms with Gasteiger partial charge in [0.15, 0.2) is 0 Å². The summed E-state index contributed by atoms with van der Waals surface area (Å²) in [6.45, 7) is 4.11. The van der Waals surface area contributed by atoms with E-state index < -0.39 is 18.1 Å². The lowest BCUT2D eigenvalue weighted by atomic mass is 9.98. The van der Waals surface area contributed by atoms with Gasteiger partial charge in [0.25, 0.3) is 0 Å². The number of fused-ring (bicyclic) bond motifs is 3. The second-order valence-corrected chi connectivity index (χ2v) is 8.43. The predicted octanol–water partition coefficient (Wildman–Crippen LogP) is 2.53. The molecule has 174 valence electrons. The smallest absolute Gasteiger partial charge is 0.407 e. The van der Waals surface area contributed by atoms with Crippen molar-refractivity contribution in [1.82, 2.24) is 15.1 Å². The van der Waals surface area contributed by atoms with Gasteiger partial charge in [-0.3, -0.25) is 14.5 Å². The van der Waals surface area contributed by atoms with Crippen LogP contribution in [-0.4, -0.2) is 78.2 Å². The molecule has 2 amide bonds. The quantitative estimate of drug-likeness (QED) is 0.671. The van der Waals surface area contributed by atoms with Gasteiger partial charge in [-0.25, -0.2) is 4.79 Å². The number of piperazine rings is 1. The zero-order valence-corrected chi connectivity index (χ0v) is 18.7. The summed E-state index contributed by atoms with van der Waals surface area (Å²) in [5, 5.41) is 11.8. The predicted molar refractivity (Wildman–Crippen MR) is 123 cm³/mol. The van der Waals surface area contributed by atoms with E-state index in [1.807, 2.05) is 29.2 Å². The summed E-state index contributed by atoms with van der Waals surface area (Å²) in [4.78, 5) is 39.3. The number of nitrogens with zero attached hydrogens (tertiary/aromatic N) is 2. The van der Waals surface area contributed by atoms with Gasteiger partial charge in [-0.1, -0.05) is 48.5 Å². The monoisotopic (exact) mass is 451 g/mol. The molecule has 0 saturated carbocycles. The molecule has 1 aliphatic carbocycles. The molecule has 0 bridgehead atoms. The molecular formula is C25H29N3O5. The van der Waals surface area contributed by atoms with Crippen LogP contribution >= 0.6 is 0 Å². The van der Waals surface area contributed by atoms with Crippen molar-refractivity contribution in [3.8, 4) is 11.1 Å². The Balaban J connectivity index is 1.21. The molecule has 2 aromatic carbocycles. The van der Waals surface area contributed by atoms with Crippen molar-refractivity contribution >= 4 is 18.0 Å². The van der Waals surface area contributed by atoms with Gasteiger partial charge in [0, 0.05) is 45.1 Å². The van der Waals surface area contributed by atoms with Crippen molar-refractivity contribution in [2.45, 2.75) is 25.3 Å². The lowest BCUT2D eigenvalue weighted by Crippen LogP contribution is -2.53. The highest BCUT2D eigenvalue weighted by atomic mass is 16.5. The van der Waals surface area contributed by atoms with Gasteiger partial charge in [-0.2, -0.15) is 0 Å². The molecule has 8 nitrogen and oxygen atoms in total.